The third kappa shape index (κ3) is 4.25. The van der Waals surface area contributed by atoms with E-state index < -0.39 is 0 Å². The van der Waals surface area contributed by atoms with Gasteiger partial charge in [-0.25, -0.2) is 4.39 Å². The van der Waals surface area contributed by atoms with Crippen molar-refractivity contribution in [3.63, 3.8) is 0 Å². The standard InChI is InChI=1S/C15H14Br2ClFN2/c1-2-5-20-14(11-7-10(19)3-4-13(11)18)15-12(17)6-9(16)8-21-15/h3-4,6-8,14,20H,2,5H2,1H3. The minimum absolute atomic E-state index is 0.268. The maximum Gasteiger partial charge on any atom is 0.123 e. The molecule has 1 aromatic carbocycles. The molecule has 6 heteroatoms. The molecule has 0 aliphatic carbocycles. The first-order chi connectivity index (χ1) is 10.0. The van der Waals surface area contributed by atoms with E-state index in [1.54, 1.807) is 12.3 Å². The number of nitrogens with zero attached hydrogens (tertiary/aromatic N) is 1. The van der Waals surface area contributed by atoms with Gasteiger partial charge < -0.3 is 5.32 Å². The number of pyridine rings is 1. The molecule has 112 valence electrons. The lowest BCUT2D eigenvalue weighted by atomic mass is 10.0. The Morgan fingerprint density at radius 3 is 2.76 bits per heavy atom. The van der Waals surface area contributed by atoms with E-state index in [2.05, 4.69) is 49.1 Å². The minimum atomic E-state index is -0.314. The van der Waals surface area contributed by atoms with Crippen LogP contribution in [0.5, 0.6) is 0 Å². The van der Waals surface area contributed by atoms with Crippen molar-refractivity contribution in [2.45, 2.75) is 19.4 Å². The summed E-state index contributed by atoms with van der Waals surface area (Å²) < 4.78 is 15.3. The van der Waals surface area contributed by atoms with Gasteiger partial charge in [0.1, 0.15) is 5.82 Å². The van der Waals surface area contributed by atoms with E-state index in [1.807, 2.05) is 6.07 Å². The highest BCUT2D eigenvalue weighted by molar-refractivity contribution is 9.11. The zero-order valence-electron chi connectivity index (χ0n) is 11.3. The lowest BCUT2D eigenvalue weighted by Gasteiger charge is -2.21. The van der Waals surface area contributed by atoms with Crippen LogP contribution in [0.4, 0.5) is 4.39 Å². The largest absolute Gasteiger partial charge is 0.305 e. The molecule has 2 rings (SSSR count). The molecule has 2 nitrogen and oxygen atoms in total. The number of nitrogens with one attached hydrogen (secondary N) is 1. The second-order valence-corrected chi connectivity index (χ2v) is 6.75. The van der Waals surface area contributed by atoms with Crippen LogP contribution in [0.1, 0.15) is 30.6 Å². The first kappa shape index (κ1) is 16.9. The summed E-state index contributed by atoms with van der Waals surface area (Å²) in [4.78, 5) is 4.44. The highest BCUT2D eigenvalue weighted by Gasteiger charge is 2.21. The lowest BCUT2D eigenvalue weighted by Crippen LogP contribution is -2.25. The van der Waals surface area contributed by atoms with E-state index in [4.69, 9.17) is 11.6 Å². The summed E-state index contributed by atoms with van der Waals surface area (Å²) in [6.07, 6.45) is 2.67. The van der Waals surface area contributed by atoms with E-state index >= 15 is 0 Å². The van der Waals surface area contributed by atoms with E-state index in [-0.39, 0.29) is 11.9 Å². The van der Waals surface area contributed by atoms with Gasteiger partial charge in [-0.05, 0) is 74.7 Å². The Kier molecular flexibility index (Phi) is 6.17. The van der Waals surface area contributed by atoms with Crippen LogP contribution in [0.3, 0.4) is 0 Å². The van der Waals surface area contributed by atoms with Crippen molar-refractivity contribution in [1.29, 1.82) is 0 Å². The van der Waals surface area contributed by atoms with Crippen LogP contribution in [-0.2, 0) is 0 Å². The number of halogens is 4. The number of hydrogen-bond acceptors (Lipinski definition) is 2. The van der Waals surface area contributed by atoms with Crippen molar-refractivity contribution in [2.75, 3.05) is 6.54 Å². The van der Waals surface area contributed by atoms with E-state index in [9.17, 15) is 4.39 Å². The molecular weight excluding hydrogens is 422 g/mol. The van der Waals surface area contributed by atoms with Crippen molar-refractivity contribution in [2.24, 2.45) is 0 Å². The van der Waals surface area contributed by atoms with Gasteiger partial charge in [0.15, 0.2) is 0 Å². The Morgan fingerprint density at radius 1 is 1.33 bits per heavy atom. The second kappa shape index (κ2) is 7.68. The van der Waals surface area contributed by atoms with Crippen molar-refractivity contribution >= 4 is 43.5 Å². The average Bonchev–Trinajstić information content (AvgIpc) is 2.44. The lowest BCUT2D eigenvalue weighted by molar-refractivity contribution is 0.574. The maximum absolute atomic E-state index is 13.6. The normalized spacial score (nSPS) is 12.4. The topological polar surface area (TPSA) is 24.9 Å². The molecule has 1 unspecified atom stereocenters. The number of benzene rings is 1. The van der Waals surface area contributed by atoms with Gasteiger partial charge in [0.05, 0.1) is 11.7 Å². The van der Waals surface area contributed by atoms with Crippen LogP contribution in [0.15, 0.2) is 39.4 Å². The van der Waals surface area contributed by atoms with Gasteiger partial charge in [0.25, 0.3) is 0 Å². The number of aromatic nitrogens is 1. The quantitative estimate of drug-likeness (QED) is 0.671. The van der Waals surface area contributed by atoms with Crippen LogP contribution >= 0.6 is 43.5 Å². The van der Waals surface area contributed by atoms with Gasteiger partial charge in [-0.1, -0.05) is 18.5 Å². The fourth-order valence-electron chi connectivity index (χ4n) is 2.02. The Morgan fingerprint density at radius 2 is 2.10 bits per heavy atom. The zero-order chi connectivity index (χ0) is 15.4. The van der Waals surface area contributed by atoms with Gasteiger partial charge >= 0.3 is 0 Å². The third-order valence-electron chi connectivity index (χ3n) is 2.98. The highest BCUT2D eigenvalue weighted by Crippen LogP contribution is 2.32. The van der Waals surface area contributed by atoms with Gasteiger partial charge in [-0.3, -0.25) is 4.98 Å². The maximum atomic E-state index is 13.6. The van der Waals surface area contributed by atoms with Crippen LogP contribution in [-0.4, -0.2) is 11.5 Å². The summed E-state index contributed by atoms with van der Waals surface area (Å²) in [7, 11) is 0. The van der Waals surface area contributed by atoms with Crippen molar-refractivity contribution < 1.29 is 4.39 Å². The van der Waals surface area contributed by atoms with Gasteiger partial charge in [0.2, 0.25) is 0 Å². The summed E-state index contributed by atoms with van der Waals surface area (Å²) in [5.74, 6) is -0.314. The summed E-state index contributed by atoms with van der Waals surface area (Å²) in [6.45, 7) is 2.85. The molecule has 0 spiro atoms. The van der Waals surface area contributed by atoms with Crippen LogP contribution in [0, 0.1) is 5.82 Å². The summed E-state index contributed by atoms with van der Waals surface area (Å²) in [6, 6.07) is 6.02. The molecule has 1 aromatic heterocycles. The molecule has 1 heterocycles. The Bertz CT molecular complexity index is 637. The van der Waals surface area contributed by atoms with Crippen molar-refractivity contribution in [3.05, 3.63) is 61.5 Å². The second-order valence-electron chi connectivity index (χ2n) is 4.57. The predicted octanol–water partition coefficient (Wildman–Crippen LogP) is 5.49. The molecule has 21 heavy (non-hydrogen) atoms. The zero-order valence-corrected chi connectivity index (χ0v) is 15.3. The smallest absolute Gasteiger partial charge is 0.123 e. The van der Waals surface area contributed by atoms with Crippen LogP contribution < -0.4 is 5.32 Å². The molecule has 0 aliphatic heterocycles. The molecule has 0 bridgehead atoms. The fourth-order valence-corrected chi connectivity index (χ4v) is 3.46. The third-order valence-corrected chi connectivity index (χ3v) is 4.39. The molecule has 0 aliphatic rings. The molecule has 1 N–H and O–H groups in total. The molecule has 0 saturated carbocycles. The van der Waals surface area contributed by atoms with Crippen LogP contribution in [0.25, 0.3) is 0 Å². The minimum Gasteiger partial charge on any atom is -0.305 e. The molecule has 0 fully saturated rings. The number of rotatable bonds is 5. The summed E-state index contributed by atoms with van der Waals surface area (Å²) in [5.41, 5.74) is 1.46. The molecule has 0 saturated heterocycles. The Hall–Kier alpha value is -0.490. The molecule has 0 radical (unpaired) electrons. The Labute approximate surface area is 145 Å². The SMILES string of the molecule is CCCNC(c1cc(F)ccc1Cl)c1ncc(Br)cc1Br. The molecule has 2 aromatic rings. The summed E-state index contributed by atoms with van der Waals surface area (Å²) in [5, 5.41) is 3.89. The van der Waals surface area contributed by atoms with E-state index in [0.717, 1.165) is 27.6 Å². The van der Waals surface area contributed by atoms with Crippen molar-refractivity contribution in [3.8, 4) is 0 Å². The van der Waals surface area contributed by atoms with Crippen LogP contribution in [0.2, 0.25) is 5.02 Å². The number of hydrogen-bond donors (Lipinski definition) is 1. The molecule has 1 atom stereocenters. The first-order valence-electron chi connectivity index (χ1n) is 6.52. The van der Waals surface area contributed by atoms with E-state index in [1.165, 1.54) is 12.1 Å². The Balaban J connectivity index is 2.49. The highest BCUT2D eigenvalue weighted by atomic mass is 79.9. The molecular formula is C15H14Br2ClFN2. The molecule has 0 amide bonds. The average molecular weight is 437 g/mol. The van der Waals surface area contributed by atoms with Gasteiger partial charge in [0, 0.05) is 20.2 Å². The first-order valence-corrected chi connectivity index (χ1v) is 8.48. The van der Waals surface area contributed by atoms with Gasteiger partial charge in [-0.2, -0.15) is 0 Å². The monoisotopic (exact) mass is 434 g/mol. The summed E-state index contributed by atoms with van der Waals surface area (Å²) >= 11 is 13.1. The fraction of sp³-hybridized carbons (Fsp3) is 0.267. The van der Waals surface area contributed by atoms with E-state index in [0.29, 0.717) is 10.6 Å². The van der Waals surface area contributed by atoms with Crippen molar-refractivity contribution in [1.82, 2.24) is 10.3 Å². The van der Waals surface area contributed by atoms with Gasteiger partial charge in [-0.15, -0.1) is 0 Å². The predicted molar refractivity (Wildman–Crippen MR) is 91.2 cm³/mol.